The molecule has 1 aromatic carbocycles. The van der Waals surface area contributed by atoms with Gasteiger partial charge in [0, 0.05) is 36.4 Å². The summed E-state index contributed by atoms with van der Waals surface area (Å²) in [4.78, 5) is 18.1. The van der Waals surface area contributed by atoms with Crippen LogP contribution >= 0.6 is 0 Å². The van der Waals surface area contributed by atoms with Crippen molar-refractivity contribution < 1.29 is 13.9 Å². The fourth-order valence-electron chi connectivity index (χ4n) is 3.00. The number of halogens is 1. The van der Waals surface area contributed by atoms with E-state index < -0.39 is 5.60 Å². The van der Waals surface area contributed by atoms with Crippen molar-refractivity contribution in [1.82, 2.24) is 9.88 Å². The quantitative estimate of drug-likeness (QED) is 0.887. The Balaban J connectivity index is 1.63. The molecule has 1 amide bonds. The van der Waals surface area contributed by atoms with Crippen LogP contribution in [0.4, 0.5) is 14.9 Å². The fraction of sp³-hybridized carbons (Fsp3) is 0.474. The van der Waals surface area contributed by atoms with Crippen molar-refractivity contribution in [2.45, 2.75) is 45.3 Å². The number of hydrogen-bond donors (Lipinski definition) is 1. The topological polar surface area (TPSA) is 54.5 Å². The molecule has 1 saturated heterocycles. The Bertz CT molecular complexity index is 765. The van der Waals surface area contributed by atoms with Gasteiger partial charge in [0.15, 0.2) is 0 Å². The van der Waals surface area contributed by atoms with Crippen molar-refractivity contribution in [1.29, 1.82) is 0 Å². The molecule has 134 valence electrons. The summed E-state index contributed by atoms with van der Waals surface area (Å²) in [6.45, 7) is 6.89. The number of carbonyl (C=O) groups excluding carboxylic acids is 1. The zero-order valence-corrected chi connectivity index (χ0v) is 14.9. The fourth-order valence-corrected chi connectivity index (χ4v) is 3.00. The lowest BCUT2D eigenvalue weighted by atomic mass is 10.0. The summed E-state index contributed by atoms with van der Waals surface area (Å²) >= 11 is 0. The standard InChI is InChI=1S/C19H24FN3O2/c1-19(2,3)25-18(24)23-10-7-14(8-11-23)22-17-6-9-21-16-5-4-13(20)12-15(16)17/h4-6,9,12,14H,7-8,10-11H2,1-3H3,(H,21,22). The van der Waals surface area contributed by atoms with Gasteiger partial charge < -0.3 is 15.0 Å². The van der Waals surface area contributed by atoms with Crippen LogP contribution in [0.25, 0.3) is 10.9 Å². The molecular weight excluding hydrogens is 321 g/mol. The molecule has 6 heteroatoms. The second-order valence-corrected chi connectivity index (χ2v) is 7.41. The van der Waals surface area contributed by atoms with Crippen LogP contribution in [-0.4, -0.2) is 40.7 Å². The smallest absolute Gasteiger partial charge is 0.410 e. The van der Waals surface area contributed by atoms with Crippen LogP contribution < -0.4 is 5.32 Å². The molecular formula is C19H24FN3O2. The summed E-state index contributed by atoms with van der Waals surface area (Å²) in [5, 5.41) is 4.25. The number of ether oxygens (including phenoxy) is 1. The molecule has 0 atom stereocenters. The number of piperidine rings is 1. The first kappa shape index (κ1) is 17.5. The number of carbonyl (C=O) groups is 1. The van der Waals surface area contributed by atoms with Crippen molar-refractivity contribution in [3.63, 3.8) is 0 Å². The van der Waals surface area contributed by atoms with E-state index in [1.807, 2.05) is 26.8 Å². The molecule has 0 radical (unpaired) electrons. The van der Waals surface area contributed by atoms with Crippen LogP contribution in [0.2, 0.25) is 0 Å². The van der Waals surface area contributed by atoms with Gasteiger partial charge in [0.1, 0.15) is 11.4 Å². The number of likely N-dealkylation sites (tertiary alicyclic amines) is 1. The van der Waals surface area contributed by atoms with Crippen LogP contribution in [0.5, 0.6) is 0 Å². The van der Waals surface area contributed by atoms with Crippen LogP contribution in [-0.2, 0) is 4.74 Å². The Morgan fingerprint density at radius 3 is 2.68 bits per heavy atom. The highest BCUT2D eigenvalue weighted by Crippen LogP contribution is 2.25. The maximum absolute atomic E-state index is 13.6. The normalized spacial score (nSPS) is 16.1. The summed E-state index contributed by atoms with van der Waals surface area (Å²) in [5.41, 5.74) is 1.16. The Morgan fingerprint density at radius 1 is 1.28 bits per heavy atom. The van der Waals surface area contributed by atoms with Crippen molar-refractivity contribution in [3.05, 3.63) is 36.3 Å². The molecule has 25 heavy (non-hydrogen) atoms. The second kappa shape index (κ2) is 6.86. The number of nitrogens with one attached hydrogen (secondary N) is 1. The molecule has 1 N–H and O–H groups in total. The number of pyridine rings is 1. The maximum atomic E-state index is 13.6. The molecule has 1 aromatic heterocycles. The van der Waals surface area contributed by atoms with E-state index in [-0.39, 0.29) is 18.0 Å². The Kier molecular flexibility index (Phi) is 4.79. The third-order valence-corrected chi connectivity index (χ3v) is 4.21. The van der Waals surface area contributed by atoms with Gasteiger partial charge in [-0.05, 0) is 57.9 Å². The van der Waals surface area contributed by atoms with E-state index in [2.05, 4.69) is 10.3 Å². The van der Waals surface area contributed by atoms with Crippen LogP contribution in [0.1, 0.15) is 33.6 Å². The molecule has 1 aliphatic rings. The maximum Gasteiger partial charge on any atom is 0.410 e. The van der Waals surface area contributed by atoms with Gasteiger partial charge in [-0.3, -0.25) is 4.98 Å². The molecule has 2 aromatic rings. The van der Waals surface area contributed by atoms with Gasteiger partial charge in [0.2, 0.25) is 0 Å². The van der Waals surface area contributed by atoms with Gasteiger partial charge in [-0.25, -0.2) is 9.18 Å². The largest absolute Gasteiger partial charge is 0.444 e. The van der Waals surface area contributed by atoms with Crippen molar-refractivity contribution >= 4 is 22.7 Å². The molecule has 1 fully saturated rings. The van der Waals surface area contributed by atoms with Crippen LogP contribution in [0.15, 0.2) is 30.5 Å². The van der Waals surface area contributed by atoms with Crippen molar-refractivity contribution in [3.8, 4) is 0 Å². The molecule has 0 bridgehead atoms. The third-order valence-electron chi connectivity index (χ3n) is 4.21. The number of rotatable bonds is 2. The zero-order valence-electron chi connectivity index (χ0n) is 14.9. The first-order valence-electron chi connectivity index (χ1n) is 8.60. The molecule has 5 nitrogen and oxygen atoms in total. The molecule has 3 rings (SSSR count). The molecule has 1 aliphatic heterocycles. The molecule has 0 aliphatic carbocycles. The number of hydrogen-bond acceptors (Lipinski definition) is 4. The highest BCUT2D eigenvalue weighted by atomic mass is 19.1. The number of aromatic nitrogens is 1. The van der Waals surface area contributed by atoms with E-state index in [1.165, 1.54) is 12.1 Å². The molecule has 0 saturated carbocycles. The summed E-state index contributed by atoms with van der Waals surface area (Å²) in [5.74, 6) is -0.275. The number of nitrogens with zero attached hydrogens (tertiary/aromatic N) is 2. The highest BCUT2D eigenvalue weighted by Gasteiger charge is 2.27. The number of amides is 1. The summed E-state index contributed by atoms with van der Waals surface area (Å²) in [6.07, 6.45) is 3.09. The zero-order chi connectivity index (χ0) is 18.0. The predicted molar refractivity (Wildman–Crippen MR) is 96.2 cm³/mol. The van der Waals surface area contributed by atoms with E-state index >= 15 is 0 Å². The van der Waals surface area contributed by atoms with Gasteiger partial charge in [-0.1, -0.05) is 0 Å². The number of fused-ring (bicyclic) bond motifs is 1. The first-order chi connectivity index (χ1) is 11.8. The van der Waals surface area contributed by atoms with E-state index in [1.54, 1.807) is 17.2 Å². The minimum Gasteiger partial charge on any atom is -0.444 e. The van der Waals surface area contributed by atoms with E-state index in [0.29, 0.717) is 13.1 Å². The van der Waals surface area contributed by atoms with Gasteiger partial charge in [0.25, 0.3) is 0 Å². The van der Waals surface area contributed by atoms with E-state index in [0.717, 1.165) is 29.4 Å². The van der Waals surface area contributed by atoms with Crippen LogP contribution in [0.3, 0.4) is 0 Å². The van der Waals surface area contributed by atoms with E-state index in [9.17, 15) is 9.18 Å². The lowest BCUT2D eigenvalue weighted by molar-refractivity contribution is 0.0210. The Morgan fingerprint density at radius 2 is 2.00 bits per heavy atom. The van der Waals surface area contributed by atoms with E-state index in [4.69, 9.17) is 4.74 Å². The number of benzene rings is 1. The average Bonchev–Trinajstić information content (AvgIpc) is 2.54. The highest BCUT2D eigenvalue weighted by molar-refractivity contribution is 5.91. The lowest BCUT2D eigenvalue weighted by Gasteiger charge is -2.34. The van der Waals surface area contributed by atoms with Crippen molar-refractivity contribution in [2.24, 2.45) is 0 Å². The minimum atomic E-state index is -0.480. The molecule has 0 unspecified atom stereocenters. The predicted octanol–water partition coefficient (Wildman–Crippen LogP) is 4.19. The van der Waals surface area contributed by atoms with Gasteiger partial charge in [-0.2, -0.15) is 0 Å². The third kappa shape index (κ3) is 4.38. The average molecular weight is 345 g/mol. The van der Waals surface area contributed by atoms with Gasteiger partial charge in [-0.15, -0.1) is 0 Å². The SMILES string of the molecule is CC(C)(C)OC(=O)N1CCC(Nc2ccnc3ccc(F)cc23)CC1. The summed E-state index contributed by atoms with van der Waals surface area (Å²) < 4.78 is 19.0. The minimum absolute atomic E-state index is 0.229. The van der Waals surface area contributed by atoms with Crippen LogP contribution in [0, 0.1) is 5.82 Å². The van der Waals surface area contributed by atoms with Gasteiger partial charge in [0.05, 0.1) is 5.52 Å². The van der Waals surface area contributed by atoms with Gasteiger partial charge >= 0.3 is 6.09 Å². The second-order valence-electron chi connectivity index (χ2n) is 7.41. The summed E-state index contributed by atoms with van der Waals surface area (Å²) in [6, 6.07) is 6.69. The van der Waals surface area contributed by atoms with Crippen molar-refractivity contribution in [2.75, 3.05) is 18.4 Å². The first-order valence-corrected chi connectivity index (χ1v) is 8.60. The monoisotopic (exact) mass is 345 g/mol. The summed E-state index contributed by atoms with van der Waals surface area (Å²) in [7, 11) is 0. The lowest BCUT2D eigenvalue weighted by Crippen LogP contribution is -2.44. The Labute approximate surface area is 147 Å². The Hall–Kier alpha value is -2.37. The molecule has 2 heterocycles. The molecule has 0 spiro atoms. The number of anilines is 1.